The zero-order valence-corrected chi connectivity index (χ0v) is 16.9. The average molecular weight is 390 g/mol. The Labute approximate surface area is 164 Å². The third-order valence-electron chi connectivity index (χ3n) is 4.63. The molecule has 0 aliphatic carbocycles. The molecule has 0 radical (unpaired) electrons. The molecule has 3 rings (SSSR count). The molecule has 2 N–H and O–H groups in total. The molecule has 2 heterocycles. The number of aromatic nitrogens is 3. The van der Waals surface area contributed by atoms with Gasteiger partial charge in [-0.3, -0.25) is 4.79 Å². The van der Waals surface area contributed by atoms with E-state index in [4.69, 9.17) is 10.6 Å². The van der Waals surface area contributed by atoms with Crippen molar-refractivity contribution in [2.75, 3.05) is 31.3 Å². The number of thioether (sulfide) groups is 1. The number of carbonyl (C=O) groups is 1. The van der Waals surface area contributed by atoms with Crippen molar-refractivity contribution in [2.24, 2.45) is 11.8 Å². The van der Waals surface area contributed by atoms with E-state index in [-0.39, 0.29) is 5.91 Å². The zero-order valence-electron chi connectivity index (χ0n) is 16.1. The van der Waals surface area contributed by atoms with Crippen LogP contribution in [0.15, 0.2) is 29.4 Å². The molecule has 146 valence electrons. The van der Waals surface area contributed by atoms with E-state index >= 15 is 0 Å². The molecule has 1 amide bonds. The van der Waals surface area contributed by atoms with Crippen LogP contribution in [0, 0.1) is 11.8 Å². The number of rotatable bonds is 6. The van der Waals surface area contributed by atoms with Gasteiger partial charge in [0.1, 0.15) is 5.75 Å². The number of nitrogen functional groups attached to an aromatic ring is 1. The maximum Gasteiger partial charge on any atom is 0.233 e. The minimum atomic E-state index is 0.129. The van der Waals surface area contributed by atoms with E-state index in [1.807, 2.05) is 36.1 Å². The highest BCUT2D eigenvalue weighted by Gasteiger charge is 2.25. The van der Waals surface area contributed by atoms with Crippen molar-refractivity contribution in [3.8, 4) is 17.1 Å². The summed E-state index contributed by atoms with van der Waals surface area (Å²) in [6.07, 6.45) is 1.18. The lowest BCUT2D eigenvalue weighted by atomic mass is 9.92. The van der Waals surface area contributed by atoms with Gasteiger partial charge in [0.25, 0.3) is 0 Å². The summed E-state index contributed by atoms with van der Waals surface area (Å²) in [5, 5.41) is 8.86. The molecule has 2 aromatic rings. The van der Waals surface area contributed by atoms with Crippen molar-refractivity contribution in [3.05, 3.63) is 24.3 Å². The summed E-state index contributed by atoms with van der Waals surface area (Å²) >= 11 is 1.33. The van der Waals surface area contributed by atoms with Crippen molar-refractivity contribution in [3.63, 3.8) is 0 Å². The third kappa shape index (κ3) is 4.74. The summed E-state index contributed by atoms with van der Waals surface area (Å²) in [7, 11) is 0. The number of nitrogens with zero attached hydrogens (tertiary/aromatic N) is 4. The van der Waals surface area contributed by atoms with Crippen LogP contribution in [0.3, 0.4) is 0 Å². The monoisotopic (exact) mass is 389 g/mol. The van der Waals surface area contributed by atoms with Crippen LogP contribution in [0.25, 0.3) is 11.4 Å². The molecule has 1 fully saturated rings. The Morgan fingerprint density at radius 3 is 2.52 bits per heavy atom. The molecule has 2 atom stereocenters. The minimum absolute atomic E-state index is 0.129. The van der Waals surface area contributed by atoms with Gasteiger partial charge in [-0.25, -0.2) is 4.68 Å². The number of ether oxygens (including phenoxy) is 1. The maximum absolute atomic E-state index is 12.5. The first-order valence-electron chi connectivity index (χ1n) is 9.32. The molecule has 8 heteroatoms. The summed E-state index contributed by atoms with van der Waals surface area (Å²) in [5.41, 5.74) is 0.852. The van der Waals surface area contributed by atoms with Crippen LogP contribution >= 0.6 is 11.8 Å². The number of hydrogen-bond donors (Lipinski definition) is 1. The van der Waals surface area contributed by atoms with Gasteiger partial charge in [0.2, 0.25) is 11.1 Å². The lowest BCUT2D eigenvalue weighted by Gasteiger charge is -2.34. The molecule has 1 aromatic heterocycles. The van der Waals surface area contributed by atoms with Crippen LogP contribution < -0.4 is 10.6 Å². The first-order valence-corrected chi connectivity index (χ1v) is 10.3. The lowest BCUT2D eigenvalue weighted by Crippen LogP contribution is -2.43. The highest BCUT2D eigenvalue weighted by Crippen LogP contribution is 2.25. The number of carbonyl (C=O) groups excluding carboxylic acids is 1. The Balaban J connectivity index is 1.62. The van der Waals surface area contributed by atoms with E-state index in [9.17, 15) is 4.79 Å². The van der Waals surface area contributed by atoms with Gasteiger partial charge < -0.3 is 15.5 Å². The normalized spacial score (nSPS) is 19.9. The molecule has 0 bridgehead atoms. The van der Waals surface area contributed by atoms with Gasteiger partial charge >= 0.3 is 0 Å². The number of nitrogens with two attached hydrogens (primary N) is 1. The Morgan fingerprint density at radius 1 is 1.22 bits per heavy atom. The molecule has 27 heavy (non-hydrogen) atoms. The number of piperidine rings is 1. The molecular formula is C19H27N5O2S. The first kappa shape index (κ1) is 19.5. The highest BCUT2D eigenvalue weighted by atomic mass is 32.2. The SMILES string of the molecule is CCOc1ccc(-c2nnc(SCC(=O)N3C[C@H](C)C[C@@H](C)C3)n2N)cc1. The Kier molecular flexibility index (Phi) is 6.26. The second-order valence-corrected chi connectivity index (χ2v) is 8.11. The highest BCUT2D eigenvalue weighted by molar-refractivity contribution is 7.99. The van der Waals surface area contributed by atoms with Crippen molar-refractivity contribution < 1.29 is 9.53 Å². The lowest BCUT2D eigenvalue weighted by molar-refractivity contribution is -0.130. The predicted molar refractivity (Wildman–Crippen MR) is 107 cm³/mol. The smallest absolute Gasteiger partial charge is 0.233 e. The third-order valence-corrected chi connectivity index (χ3v) is 5.56. The van der Waals surface area contributed by atoms with Gasteiger partial charge in [-0.15, -0.1) is 10.2 Å². The fraction of sp³-hybridized carbons (Fsp3) is 0.526. The molecular weight excluding hydrogens is 362 g/mol. The first-order chi connectivity index (χ1) is 13.0. The van der Waals surface area contributed by atoms with E-state index in [1.54, 1.807) is 0 Å². The van der Waals surface area contributed by atoms with Crippen LogP contribution in [0.5, 0.6) is 5.75 Å². The molecule has 1 aliphatic rings. The van der Waals surface area contributed by atoms with Gasteiger partial charge in [-0.05, 0) is 49.4 Å². The summed E-state index contributed by atoms with van der Waals surface area (Å²) in [6, 6.07) is 7.55. The van der Waals surface area contributed by atoms with Gasteiger partial charge in [-0.1, -0.05) is 25.6 Å². The van der Waals surface area contributed by atoms with Crippen molar-refractivity contribution in [1.29, 1.82) is 0 Å². The number of benzene rings is 1. The Morgan fingerprint density at radius 2 is 1.89 bits per heavy atom. The zero-order chi connectivity index (χ0) is 19.4. The van der Waals surface area contributed by atoms with Gasteiger partial charge in [0, 0.05) is 18.7 Å². The van der Waals surface area contributed by atoms with Crippen LogP contribution in [0.4, 0.5) is 0 Å². The number of likely N-dealkylation sites (tertiary alicyclic amines) is 1. The molecule has 0 spiro atoms. The Hall–Kier alpha value is -2.22. The molecule has 1 saturated heterocycles. The van der Waals surface area contributed by atoms with E-state index < -0.39 is 0 Å². The molecule has 1 aliphatic heterocycles. The summed E-state index contributed by atoms with van der Waals surface area (Å²) in [4.78, 5) is 14.5. The summed E-state index contributed by atoms with van der Waals surface area (Å²) in [6.45, 7) is 8.62. The molecule has 0 saturated carbocycles. The van der Waals surface area contributed by atoms with Crippen LogP contribution in [-0.2, 0) is 4.79 Å². The van der Waals surface area contributed by atoms with Crippen LogP contribution in [-0.4, -0.2) is 51.1 Å². The van der Waals surface area contributed by atoms with Crippen molar-refractivity contribution in [1.82, 2.24) is 19.8 Å². The van der Waals surface area contributed by atoms with E-state index in [2.05, 4.69) is 24.0 Å². The van der Waals surface area contributed by atoms with Gasteiger partial charge in [0.05, 0.1) is 12.4 Å². The van der Waals surface area contributed by atoms with Gasteiger partial charge in [0.15, 0.2) is 5.82 Å². The summed E-state index contributed by atoms with van der Waals surface area (Å²) < 4.78 is 6.89. The van der Waals surface area contributed by atoms with Crippen LogP contribution in [0.2, 0.25) is 0 Å². The minimum Gasteiger partial charge on any atom is -0.494 e. The number of hydrogen-bond acceptors (Lipinski definition) is 6. The maximum atomic E-state index is 12.5. The average Bonchev–Trinajstić information content (AvgIpc) is 3.00. The quantitative estimate of drug-likeness (QED) is 0.604. The summed E-state index contributed by atoms with van der Waals surface area (Å²) in [5.74, 6) is 9.06. The Bertz CT molecular complexity index is 767. The predicted octanol–water partition coefficient (Wildman–Crippen LogP) is 2.65. The van der Waals surface area contributed by atoms with E-state index in [0.29, 0.717) is 35.2 Å². The second-order valence-electron chi connectivity index (χ2n) is 7.17. The standard InChI is InChI=1S/C19H27N5O2S/c1-4-26-16-7-5-15(6-8-16)18-21-22-19(24(18)20)27-12-17(25)23-10-13(2)9-14(3)11-23/h5-8,13-14H,4,9-12,20H2,1-3H3/t13-,14-/m1/s1. The topological polar surface area (TPSA) is 86.3 Å². The van der Waals surface area contributed by atoms with Gasteiger partial charge in [-0.2, -0.15) is 0 Å². The second kappa shape index (κ2) is 8.65. The molecule has 0 unspecified atom stereocenters. The van der Waals surface area contributed by atoms with Crippen molar-refractivity contribution >= 4 is 17.7 Å². The van der Waals surface area contributed by atoms with E-state index in [1.165, 1.54) is 22.9 Å². The number of amides is 1. The fourth-order valence-electron chi connectivity index (χ4n) is 3.52. The molecule has 1 aromatic carbocycles. The largest absolute Gasteiger partial charge is 0.494 e. The molecule has 7 nitrogen and oxygen atoms in total. The van der Waals surface area contributed by atoms with Crippen molar-refractivity contribution in [2.45, 2.75) is 32.3 Å². The van der Waals surface area contributed by atoms with E-state index in [0.717, 1.165) is 24.4 Å². The fourth-order valence-corrected chi connectivity index (χ4v) is 4.28. The van der Waals surface area contributed by atoms with Crippen LogP contribution in [0.1, 0.15) is 27.2 Å².